The van der Waals surface area contributed by atoms with Crippen molar-refractivity contribution in [1.29, 1.82) is 0 Å². The second kappa shape index (κ2) is 7.85. The highest BCUT2D eigenvalue weighted by molar-refractivity contribution is 7.13. The van der Waals surface area contributed by atoms with E-state index in [2.05, 4.69) is 4.98 Å². The monoisotopic (exact) mass is 382 g/mol. The molecule has 0 atom stereocenters. The van der Waals surface area contributed by atoms with Gasteiger partial charge in [-0.25, -0.2) is 4.98 Å². The third-order valence-electron chi connectivity index (χ3n) is 4.52. The Balaban J connectivity index is 1.83. The van der Waals surface area contributed by atoms with Gasteiger partial charge in [0.15, 0.2) is 0 Å². The number of halogens is 2. The van der Waals surface area contributed by atoms with Crippen LogP contribution in [-0.4, -0.2) is 28.4 Å². The fraction of sp³-hybridized carbons (Fsp3) is 0.444. The number of hydrogen-bond acceptors (Lipinski definition) is 3. The van der Waals surface area contributed by atoms with Gasteiger partial charge < -0.3 is 4.90 Å². The third-order valence-corrected chi connectivity index (χ3v) is 6.22. The maximum Gasteiger partial charge on any atom is 0.273 e. The summed E-state index contributed by atoms with van der Waals surface area (Å²) in [4.78, 5) is 19.4. The molecule has 0 saturated heterocycles. The van der Waals surface area contributed by atoms with Crippen molar-refractivity contribution < 1.29 is 4.79 Å². The lowest BCUT2D eigenvalue weighted by Crippen LogP contribution is -2.41. The Kier molecular flexibility index (Phi) is 5.80. The second-order valence-electron chi connectivity index (χ2n) is 6.02. The molecule has 1 aliphatic carbocycles. The van der Waals surface area contributed by atoms with Crippen LogP contribution in [0.1, 0.15) is 49.5 Å². The van der Waals surface area contributed by atoms with E-state index in [0.717, 1.165) is 23.4 Å². The first-order valence-corrected chi connectivity index (χ1v) is 9.96. The van der Waals surface area contributed by atoms with Gasteiger partial charge in [-0.2, -0.15) is 0 Å². The van der Waals surface area contributed by atoms with Crippen LogP contribution in [0.2, 0.25) is 10.0 Å². The standard InChI is InChI=1S/C18H20Cl2N2OS/c1-2-22(12-7-4-3-5-8-12)18(23)15-11-24-17(21-15)13-9-6-10-14(19)16(13)20/h6,9-12H,2-5,7-8H2,1H3. The molecule has 0 radical (unpaired) electrons. The molecule has 6 heteroatoms. The Morgan fingerprint density at radius 1 is 1.29 bits per heavy atom. The topological polar surface area (TPSA) is 33.2 Å². The van der Waals surface area contributed by atoms with Crippen molar-refractivity contribution in [2.75, 3.05) is 6.54 Å². The molecule has 3 rings (SSSR count). The Labute approximate surface area is 156 Å². The van der Waals surface area contributed by atoms with Crippen LogP contribution in [-0.2, 0) is 0 Å². The molecule has 24 heavy (non-hydrogen) atoms. The van der Waals surface area contributed by atoms with Crippen molar-refractivity contribution in [2.24, 2.45) is 0 Å². The van der Waals surface area contributed by atoms with Crippen molar-refractivity contribution in [3.8, 4) is 10.6 Å². The van der Waals surface area contributed by atoms with Crippen LogP contribution in [0.5, 0.6) is 0 Å². The summed E-state index contributed by atoms with van der Waals surface area (Å²) in [5, 5.41) is 3.52. The number of rotatable bonds is 4. The number of nitrogens with zero attached hydrogens (tertiary/aromatic N) is 2. The van der Waals surface area contributed by atoms with Gasteiger partial charge in [-0.1, -0.05) is 54.6 Å². The molecule has 1 heterocycles. The van der Waals surface area contributed by atoms with Crippen molar-refractivity contribution in [2.45, 2.75) is 45.1 Å². The number of thiazole rings is 1. The average molecular weight is 383 g/mol. The maximum atomic E-state index is 12.9. The zero-order valence-electron chi connectivity index (χ0n) is 13.6. The van der Waals surface area contributed by atoms with Crippen LogP contribution < -0.4 is 0 Å². The van der Waals surface area contributed by atoms with Crippen molar-refractivity contribution in [3.05, 3.63) is 39.3 Å². The largest absolute Gasteiger partial charge is 0.335 e. The lowest BCUT2D eigenvalue weighted by Gasteiger charge is -2.33. The predicted octanol–water partition coefficient (Wildman–Crippen LogP) is 5.91. The highest BCUT2D eigenvalue weighted by Gasteiger charge is 2.26. The maximum absolute atomic E-state index is 12.9. The van der Waals surface area contributed by atoms with Crippen LogP contribution >= 0.6 is 34.5 Å². The van der Waals surface area contributed by atoms with Gasteiger partial charge >= 0.3 is 0 Å². The molecule has 0 spiro atoms. The molecule has 0 unspecified atom stereocenters. The van der Waals surface area contributed by atoms with E-state index in [1.807, 2.05) is 29.3 Å². The van der Waals surface area contributed by atoms with Gasteiger partial charge in [-0.05, 0) is 25.8 Å². The van der Waals surface area contributed by atoms with E-state index < -0.39 is 0 Å². The summed E-state index contributed by atoms with van der Waals surface area (Å²) >= 11 is 13.8. The number of benzene rings is 1. The summed E-state index contributed by atoms with van der Waals surface area (Å²) in [5.74, 6) is 0.0186. The fourth-order valence-corrected chi connectivity index (χ4v) is 4.54. The van der Waals surface area contributed by atoms with Gasteiger partial charge in [0.2, 0.25) is 0 Å². The minimum Gasteiger partial charge on any atom is -0.335 e. The quantitative estimate of drug-likeness (QED) is 0.657. The van der Waals surface area contributed by atoms with Crippen molar-refractivity contribution in [3.63, 3.8) is 0 Å². The Bertz CT molecular complexity index is 726. The molecular weight excluding hydrogens is 363 g/mol. The normalized spacial score (nSPS) is 15.5. The number of carbonyl (C=O) groups excluding carboxylic acids is 1. The van der Waals surface area contributed by atoms with Crippen LogP contribution in [0.25, 0.3) is 10.6 Å². The van der Waals surface area contributed by atoms with E-state index in [1.165, 1.54) is 30.6 Å². The zero-order chi connectivity index (χ0) is 17.1. The SMILES string of the molecule is CCN(C(=O)c1csc(-c2cccc(Cl)c2Cl)n1)C1CCCCC1. The molecule has 2 aromatic rings. The van der Waals surface area contributed by atoms with E-state index in [9.17, 15) is 4.79 Å². The number of carbonyl (C=O) groups is 1. The van der Waals surface area contributed by atoms with Gasteiger partial charge in [0, 0.05) is 23.5 Å². The molecule has 0 bridgehead atoms. The van der Waals surface area contributed by atoms with Crippen LogP contribution in [0.3, 0.4) is 0 Å². The van der Waals surface area contributed by atoms with Crippen molar-refractivity contribution in [1.82, 2.24) is 9.88 Å². The van der Waals surface area contributed by atoms with Crippen molar-refractivity contribution >= 4 is 40.4 Å². The molecule has 3 nitrogen and oxygen atoms in total. The summed E-state index contributed by atoms with van der Waals surface area (Å²) in [6, 6.07) is 5.80. The first-order chi connectivity index (χ1) is 11.6. The lowest BCUT2D eigenvalue weighted by molar-refractivity contribution is 0.0643. The van der Waals surface area contributed by atoms with E-state index in [4.69, 9.17) is 23.2 Å². The smallest absolute Gasteiger partial charge is 0.273 e. The highest BCUT2D eigenvalue weighted by Crippen LogP contribution is 2.35. The van der Waals surface area contributed by atoms with Gasteiger partial charge in [0.25, 0.3) is 5.91 Å². The Hall–Kier alpha value is -1.10. The summed E-state index contributed by atoms with van der Waals surface area (Å²) in [7, 11) is 0. The fourth-order valence-electron chi connectivity index (χ4n) is 3.27. The van der Waals surface area contributed by atoms with Gasteiger partial charge in [-0.15, -0.1) is 11.3 Å². The molecule has 1 aliphatic rings. The van der Waals surface area contributed by atoms with Gasteiger partial charge in [-0.3, -0.25) is 4.79 Å². The summed E-state index contributed by atoms with van der Waals surface area (Å²) < 4.78 is 0. The predicted molar refractivity (Wildman–Crippen MR) is 101 cm³/mol. The van der Waals surface area contributed by atoms with E-state index in [-0.39, 0.29) is 5.91 Å². The zero-order valence-corrected chi connectivity index (χ0v) is 15.9. The molecular formula is C18H20Cl2N2OS. The summed E-state index contributed by atoms with van der Waals surface area (Å²) in [5.41, 5.74) is 1.27. The van der Waals surface area contributed by atoms with E-state index >= 15 is 0 Å². The first kappa shape index (κ1) is 17.7. The number of aromatic nitrogens is 1. The molecule has 1 aromatic heterocycles. The highest BCUT2D eigenvalue weighted by atomic mass is 35.5. The number of amides is 1. The first-order valence-electron chi connectivity index (χ1n) is 8.32. The summed E-state index contributed by atoms with van der Waals surface area (Å²) in [6.45, 7) is 2.75. The Morgan fingerprint density at radius 3 is 2.75 bits per heavy atom. The minimum atomic E-state index is 0.0186. The lowest BCUT2D eigenvalue weighted by atomic mass is 9.94. The molecule has 0 N–H and O–H groups in total. The van der Waals surface area contributed by atoms with Gasteiger partial charge in [0.1, 0.15) is 10.7 Å². The van der Waals surface area contributed by atoms with Crippen LogP contribution in [0.15, 0.2) is 23.6 Å². The van der Waals surface area contributed by atoms with Crippen LogP contribution in [0.4, 0.5) is 0 Å². The number of hydrogen-bond donors (Lipinski definition) is 0. The molecule has 1 fully saturated rings. The van der Waals surface area contributed by atoms with E-state index in [0.29, 0.717) is 28.3 Å². The molecule has 0 aliphatic heterocycles. The molecule has 1 amide bonds. The summed E-state index contributed by atoms with van der Waals surface area (Å²) in [6.07, 6.45) is 5.87. The second-order valence-corrected chi connectivity index (χ2v) is 7.67. The molecule has 1 saturated carbocycles. The molecule has 1 aromatic carbocycles. The third kappa shape index (κ3) is 3.61. The van der Waals surface area contributed by atoms with E-state index in [1.54, 1.807) is 6.07 Å². The molecule has 128 valence electrons. The van der Waals surface area contributed by atoms with Crippen LogP contribution in [0, 0.1) is 0 Å². The Morgan fingerprint density at radius 2 is 2.04 bits per heavy atom. The minimum absolute atomic E-state index is 0.0186. The van der Waals surface area contributed by atoms with Gasteiger partial charge in [0.05, 0.1) is 10.0 Å². The average Bonchev–Trinajstić information content (AvgIpc) is 3.09.